The van der Waals surface area contributed by atoms with Gasteiger partial charge in [0.25, 0.3) is 0 Å². The van der Waals surface area contributed by atoms with Gasteiger partial charge in [-0.25, -0.2) is 8.42 Å². The third kappa shape index (κ3) is 5.51. The highest BCUT2D eigenvalue weighted by Crippen LogP contribution is 2.26. The van der Waals surface area contributed by atoms with Gasteiger partial charge in [-0.05, 0) is 51.5 Å². The van der Waals surface area contributed by atoms with Gasteiger partial charge in [0.05, 0.1) is 42.5 Å². The first-order chi connectivity index (χ1) is 13.8. The zero-order chi connectivity index (χ0) is 21.0. The largest absolute Gasteiger partial charge is 0.494 e. The van der Waals surface area contributed by atoms with E-state index in [-0.39, 0.29) is 17.5 Å². The van der Waals surface area contributed by atoms with E-state index in [0.29, 0.717) is 19.6 Å². The number of nitrogens with zero attached hydrogens (tertiary/aromatic N) is 2. The lowest BCUT2D eigenvalue weighted by Crippen LogP contribution is -3.08. The van der Waals surface area contributed by atoms with Crippen LogP contribution < -0.4 is 14.4 Å². The summed E-state index contributed by atoms with van der Waals surface area (Å²) in [4.78, 5) is 1.32. The van der Waals surface area contributed by atoms with Gasteiger partial charge >= 0.3 is 0 Å². The molecule has 1 fully saturated rings. The van der Waals surface area contributed by atoms with E-state index in [1.165, 1.54) is 10.5 Å². The molecule has 2 heterocycles. The van der Waals surface area contributed by atoms with E-state index < -0.39 is 9.84 Å². The summed E-state index contributed by atoms with van der Waals surface area (Å²) in [5.41, 5.74) is 3.27. The summed E-state index contributed by atoms with van der Waals surface area (Å²) in [6.07, 6.45) is 0.655. The minimum absolute atomic E-state index is 0.0317. The third-order valence-electron chi connectivity index (χ3n) is 5.44. The van der Waals surface area contributed by atoms with Gasteiger partial charge in [-0.1, -0.05) is 0 Å². The molecule has 0 amide bonds. The van der Waals surface area contributed by atoms with Crippen molar-refractivity contribution in [1.29, 1.82) is 0 Å². The van der Waals surface area contributed by atoms with Crippen LogP contribution in [0.4, 0.5) is 0 Å². The van der Waals surface area contributed by atoms with E-state index in [2.05, 4.69) is 12.1 Å². The lowest BCUT2D eigenvalue weighted by atomic mass is 10.1. The number of sulfone groups is 1. The Morgan fingerprint density at radius 2 is 1.83 bits per heavy atom. The minimum atomic E-state index is -2.92. The van der Waals surface area contributed by atoms with Gasteiger partial charge in [0.15, 0.2) is 9.84 Å². The lowest BCUT2D eigenvalue weighted by Gasteiger charge is -2.16. The molecular formula is C21H32N3O4S+. The van der Waals surface area contributed by atoms with Crippen LogP contribution in [0.2, 0.25) is 0 Å². The average molecular weight is 423 g/mol. The van der Waals surface area contributed by atoms with Crippen molar-refractivity contribution >= 4 is 9.84 Å². The summed E-state index contributed by atoms with van der Waals surface area (Å²) in [7, 11) is -0.785. The lowest BCUT2D eigenvalue weighted by molar-refractivity contribution is -0.893. The Morgan fingerprint density at radius 3 is 2.41 bits per heavy atom. The quantitative estimate of drug-likeness (QED) is 0.660. The maximum Gasteiger partial charge on any atom is 0.152 e. The fourth-order valence-corrected chi connectivity index (χ4v) is 5.50. The van der Waals surface area contributed by atoms with Crippen molar-refractivity contribution in [2.45, 2.75) is 39.8 Å². The highest BCUT2D eigenvalue weighted by molar-refractivity contribution is 7.91. The van der Waals surface area contributed by atoms with Gasteiger partial charge in [-0.15, -0.1) is 0 Å². The first-order valence-corrected chi connectivity index (χ1v) is 12.0. The summed E-state index contributed by atoms with van der Waals surface area (Å²) < 4.78 is 36.9. The van der Waals surface area contributed by atoms with Gasteiger partial charge in [-0.2, -0.15) is 5.10 Å². The zero-order valence-electron chi connectivity index (χ0n) is 17.8. The normalized spacial score (nSPS) is 19.2. The van der Waals surface area contributed by atoms with Crippen LogP contribution >= 0.6 is 0 Å². The summed E-state index contributed by atoms with van der Waals surface area (Å²) in [5, 5.41) is 4.66. The average Bonchev–Trinajstić information content (AvgIpc) is 3.17. The van der Waals surface area contributed by atoms with E-state index in [1.54, 1.807) is 0 Å². The van der Waals surface area contributed by atoms with E-state index in [0.717, 1.165) is 36.0 Å². The number of nitrogens with one attached hydrogen (secondary N) is 1. The molecule has 1 N–H and O–H groups in total. The summed E-state index contributed by atoms with van der Waals surface area (Å²) in [6, 6.07) is 7.65. The molecule has 1 aliphatic rings. The van der Waals surface area contributed by atoms with E-state index >= 15 is 0 Å². The molecule has 0 spiro atoms. The molecule has 160 valence electrons. The summed E-state index contributed by atoms with van der Waals surface area (Å²) in [5.74, 6) is 2.15. The van der Waals surface area contributed by atoms with Crippen LogP contribution in [-0.4, -0.2) is 56.5 Å². The molecule has 1 unspecified atom stereocenters. The number of rotatable bonds is 9. The van der Waals surface area contributed by atoms with Crippen molar-refractivity contribution in [3.63, 3.8) is 0 Å². The first kappa shape index (κ1) is 21.6. The van der Waals surface area contributed by atoms with Crippen LogP contribution in [0.1, 0.15) is 36.3 Å². The molecule has 3 rings (SSSR count). The monoisotopic (exact) mass is 422 g/mol. The van der Waals surface area contributed by atoms with Crippen molar-refractivity contribution in [1.82, 2.24) is 9.78 Å². The number of quaternary nitrogens is 1. The number of aromatic nitrogens is 2. The SMILES string of the molecule is CCOc1ccc(OCC[NH+](C)Cc2c(C)nn([C@H]3CCS(=O)(=O)C3)c2C)cc1. The Balaban J connectivity index is 1.53. The minimum Gasteiger partial charge on any atom is -0.494 e. The van der Waals surface area contributed by atoms with E-state index in [1.807, 2.05) is 49.7 Å². The first-order valence-electron chi connectivity index (χ1n) is 10.2. The van der Waals surface area contributed by atoms with Crippen LogP contribution in [0.5, 0.6) is 11.5 Å². The molecule has 8 heteroatoms. The van der Waals surface area contributed by atoms with Crippen LogP contribution in [0.15, 0.2) is 24.3 Å². The van der Waals surface area contributed by atoms with Crippen LogP contribution in [0.3, 0.4) is 0 Å². The molecule has 1 saturated heterocycles. The Kier molecular flexibility index (Phi) is 6.85. The van der Waals surface area contributed by atoms with Gasteiger partial charge in [-0.3, -0.25) is 4.68 Å². The van der Waals surface area contributed by atoms with Crippen molar-refractivity contribution in [2.24, 2.45) is 0 Å². The second-order valence-corrected chi connectivity index (χ2v) is 10.0. The molecule has 7 nitrogen and oxygen atoms in total. The van der Waals surface area contributed by atoms with Gasteiger partial charge in [0, 0.05) is 5.69 Å². The van der Waals surface area contributed by atoms with Crippen LogP contribution in [0, 0.1) is 13.8 Å². The van der Waals surface area contributed by atoms with Crippen molar-refractivity contribution in [3.8, 4) is 11.5 Å². The Labute approximate surface area is 173 Å². The highest BCUT2D eigenvalue weighted by Gasteiger charge is 2.31. The summed E-state index contributed by atoms with van der Waals surface area (Å²) in [6.45, 7) is 8.98. The molecule has 1 aromatic heterocycles. The van der Waals surface area contributed by atoms with E-state index in [9.17, 15) is 8.42 Å². The van der Waals surface area contributed by atoms with Gasteiger partial charge in [0.2, 0.25) is 0 Å². The number of benzene rings is 1. The highest BCUT2D eigenvalue weighted by atomic mass is 32.2. The van der Waals surface area contributed by atoms with E-state index in [4.69, 9.17) is 9.47 Å². The third-order valence-corrected chi connectivity index (χ3v) is 7.19. The number of hydrogen-bond acceptors (Lipinski definition) is 5. The Hall–Kier alpha value is -2.06. The Morgan fingerprint density at radius 1 is 1.17 bits per heavy atom. The van der Waals surface area contributed by atoms with Crippen LogP contribution in [0.25, 0.3) is 0 Å². The van der Waals surface area contributed by atoms with Crippen molar-refractivity contribution < 1.29 is 22.8 Å². The fourth-order valence-electron chi connectivity index (χ4n) is 3.81. The number of likely N-dealkylation sites (N-methyl/N-ethyl adjacent to an activating group) is 1. The predicted molar refractivity (Wildman–Crippen MR) is 113 cm³/mol. The van der Waals surface area contributed by atoms with Crippen molar-refractivity contribution in [2.75, 3.05) is 38.3 Å². The molecule has 1 aliphatic heterocycles. The van der Waals surface area contributed by atoms with Gasteiger partial charge < -0.3 is 14.4 Å². The fraction of sp³-hybridized carbons (Fsp3) is 0.571. The number of ether oxygens (including phenoxy) is 2. The topological polar surface area (TPSA) is 74.9 Å². The van der Waals surface area contributed by atoms with Crippen LogP contribution in [-0.2, 0) is 16.4 Å². The Bertz CT molecular complexity index is 922. The standard InChI is InChI=1S/C21H31N3O4S/c1-5-27-19-6-8-20(9-7-19)28-12-11-23(4)14-21-16(2)22-24(17(21)3)18-10-13-29(25,26)15-18/h6-9,18H,5,10-15H2,1-4H3/p+1/t18-/m0/s1. The maximum atomic E-state index is 11.8. The molecule has 0 radical (unpaired) electrons. The number of hydrogen-bond donors (Lipinski definition) is 1. The molecular weight excluding hydrogens is 390 g/mol. The van der Waals surface area contributed by atoms with Gasteiger partial charge in [0.1, 0.15) is 31.2 Å². The molecule has 1 aromatic carbocycles. The number of aryl methyl sites for hydroxylation is 1. The summed E-state index contributed by atoms with van der Waals surface area (Å²) >= 11 is 0. The molecule has 0 aliphatic carbocycles. The molecule has 2 atom stereocenters. The second kappa shape index (κ2) is 9.17. The maximum absolute atomic E-state index is 11.8. The molecule has 29 heavy (non-hydrogen) atoms. The molecule has 0 bridgehead atoms. The molecule has 2 aromatic rings. The molecule has 0 saturated carbocycles. The van der Waals surface area contributed by atoms with Crippen molar-refractivity contribution in [3.05, 3.63) is 41.2 Å². The zero-order valence-corrected chi connectivity index (χ0v) is 18.6. The predicted octanol–water partition coefficient (Wildman–Crippen LogP) is 1.35. The smallest absolute Gasteiger partial charge is 0.152 e. The second-order valence-electron chi connectivity index (χ2n) is 7.79.